The van der Waals surface area contributed by atoms with Crippen molar-refractivity contribution in [2.45, 2.75) is 76.2 Å². The Morgan fingerprint density at radius 3 is 2.50 bits per heavy atom. The molecule has 3 aliphatic heterocycles. The number of aromatic amines is 1. The summed E-state index contributed by atoms with van der Waals surface area (Å²) in [4.78, 5) is 20.6. The highest BCUT2D eigenvalue weighted by atomic mass is 16.5. The number of ether oxygens (including phenoxy) is 2. The van der Waals surface area contributed by atoms with E-state index in [1.807, 2.05) is 48.5 Å². The Morgan fingerprint density at radius 2 is 1.83 bits per heavy atom. The molecule has 4 aromatic rings. The fourth-order valence-electron chi connectivity index (χ4n) is 7.06. The number of aromatic nitrogens is 3. The van der Waals surface area contributed by atoms with Gasteiger partial charge in [-0.05, 0) is 92.6 Å². The number of carbonyl (C=O) groups excluding carboxylic acids is 1. The minimum absolute atomic E-state index is 0.117. The molecule has 3 fully saturated rings. The number of benzene rings is 2. The van der Waals surface area contributed by atoms with Crippen molar-refractivity contribution in [3.8, 4) is 17.0 Å². The smallest absolute Gasteiger partial charge is 0.251 e. The number of hydrogen-bond donors (Lipinski definition) is 2. The second-order valence-electron chi connectivity index (χ2n) is 12.5. The molecule has 7 rings (SSSR count). The molecule has 8 heteroatoms. The second-order valence-corrected chi connectivity index (χ2v) is 12.5. The quantitative estimate of drug-likeness (QED) is 0.262. The van der Waals surface area contributed by atoms with Gasteiger partial charge in [-0.3, -0.25) is 19.8 Å². The SMILES string of the molecule is CC(C)CC(NC(=O)c1ccc2[nH]nc(-c3ccc(O[C@H]4C[C@H]5CC[C@@H](C4)N5C4COC4)cc3)c2c1)c1ccccn1. The van der Waals surface area contributed by atoms with Crippen molar-refractivity contribution >= 4 is 16.8 Å². The number of hydrogen-bond acceptors (Lipinski definition) is 6. The Bertz CT molecular complexity index is 1520. The third-order valence-electron chi connectivity index (χ3n) is 9.10. The van der Waals surface area contributed by atoms with E-state index in [1.54, 1.807) is 6.20 Å². The van der Waals surface area contributed by atoms with Crippen LogP contribution in [0.2, 0.25) is 0 Å². The first-order chi connectivity index (χ1) is 20.5. The van der Waals surface area contributed by atoms with Gasteiger partial charge in [-0.25, -0.2) is 0 Å². The van der Waals surface area contributed by atoms with E-state index in [4.69, 9.17) is 9.47 Å². The maximum absolute atomic E-state index is 13.4. The highest BCUT2D eigenvalue weighted by Gasteiger charge is 2.46. The van der Waals surface area contributed by atoms with Gasteiger partial charge in [0.25, 0.3) is 5.91 Å². The van der Waals surface area contributed by atoms with Crippen molar-refractivity contribution in [2.75, 3.05) is 13.2 Å². The van der Waals surface area contributed by atoms with Gasteiger partial charge in [-0.1, -0.05) is 19.9 Å². The molecule has 0 radical (unpaired) electrons. The summed E-state index contributed by atoms with van der Waals surface area (Å²) in [6, 6.07) is 21.4. The van der Waals surface area contributed by atoms with Crippen LogP contribution in [0.5, 0.6) is 5.75 Å². The molecule has 2 N–H and O–H groups in total. The molecule has 3 saturated heterocycles. The minimum Gasteiger partial charge on any atom is -0.490 e. The highest BCUT2D eigenvalue weighted by molar-refractivity contribution is 6.01. The Labute approximate surface area is 246 Å². The van der Waals surface area contributed by atoms with E-state index in [-0.39, 0.29) is 18.1 Å². The van der Waals surface area contributed by atoms with E-state index < -0.39 is 0 Å². The molecule has 4 atom stereocenters. The first-order valence-electron chi connectivity index (χ1n) is 15.3. The molecule has 2 bridgehead atoms. The van der Waals surface area contributed by atoms with Crippen LogP contribution >= 0.6 is 0 Å². The average molecular weight is 566 g/mol. The molecule has 2 aromatic heterocycles. The molecule has 5 heterocycles. The molecule has 0 spiro atoms. The lowest BCUT2D eigenvalue weighted by atomic mass is 9.96. The molecule has 2 aromatic carbocycles. The summed E-state index contributed by atoms with van der Waals surface area (Å²) in [5.74, 6) is 1.20. The second kappa shape index (κ2) is 11.5. The van der Waals surface area contributed by atoms with Crippen LogP contribution in [0.4, 0.5) is 0 Å². The van der Waals surface area contributed by atoms with E-state index in [1.165, 1.54) is 12.8 Å². The number of amides is 1. The molecule has 1 unspecified atom stereocenters. The topological polar surface area (TPSA) is 92.4 Å². The number of rotatable bonds is 9. The summed E-state index contributed by atoms with van der Waals surface area (Å²) in [5, 5.41) is 11.9. The third kappa shape index (κ3) is 5.41. The lowest BCUT2D eigenvalue weighted by Crippen LogP contribution is -2.57. The van der Waals surface area contributed by atoms with Crippen molar-refractivity contribution in [3.63, 3.8) is 0 Å². The Kier molecular flexibility index (Phi) is 7.42. The molecule has 42 heavy (non-hydrogen) atoms. The molecular formula is C34H39N5O3. The zero-order valence-corrected chi connectivity index (χ0v) is 24.3. The summed E-state index contributed by atoms with van der Waals surface area (Å²) in [6.07, 6.45) is 7.55. The van der Waals surface area contributed by atoms with E-state index >= 15 is 0 Å². The van der Waals surface area contributed by atoms with Gasteiger partial charge in [0.15, 0.2) is 0 Å². The Hall–Kier alpha value is -3.75. The number of carbonyl (C=O) groups is 1. The summed E-state index contributed by atoms with van der Waals surface area (Å²) < 4.78 is 11.9. The predicted molar refractivity (Wildman–Crippen MR) is 162 cm³/mol. The molecule has 218 valence electrons. The lowest BCUT2D eigenvalue weighted by molar-refractivity contribution is -0.102. The van der Waals surface area contributed by atoms with Crippen LogP contribution in [0.15, 0.2) is 66.9 Å². The highest BCUT2D eigenvalue weighted by Crippen LogP contribution is 2.40. The summed E-state index contributed by atoms with van der Waals surface area (Å²) in [5.41, 5.74) is 4.17. The van der Waals surface area contributed by atoms with Crippen molar-refractivity contribution in [2.24, 2.45) is 5.92 Å². The number of piperidine rings is 1. The Balaban J connectivity index is 1.05. The van der Waals surface area contributed by atoms with Crippen LogP contribution in [-0.2, 0) is 4.74 Å². The van der Waals surface area contributed by atoms with Gasteiger partial charge >= 0.3 is 0 Å². The minimum atomic E-state index is -0.152. The maximum atomic E-state index is 13.4. The maximum Gasteiger partial charge on any atom is 0.251 e. The number of H-pyrrole nitrogens is 1. The summed E-state index contributed by atoms with van der Waals surface area (Å²) >= 11 is 0. The van der Waals surface area contributed by atoms with Crippen molar-refractivity contribution in [3.05, 3.63) is 78.1 Å². The number of pyridine rings is 1. The van der Waals surface area contributed by atoms with Crippen LogP contribution < -0.4 is 10.1 Å². The zero-order valence-electron chi connectivity index (χ0n) is 24.3. The number of fused-ring (bicyclic) bond motifs is 3. The van der Waals surface area contributed by atoms with Gasteiger partial charge in [0.05, 0.1) is 42.2 Å². The predicted octanol–water partition coefficient (Wildman–Crippen LogP) is 5.92. The van der Waals surface area contributed by atoms with Gasteiger partial charge < -0.3 is 14.8 Å². The van der Waals surface area contributed by atoms with Gasteiger partial charge in [-0.2, -0.15) is 5.10 Å². The largest absolute Gasteiger partial charge is 0.490 e. The molecule has 3 aliphatic rings. The fraction of sp³-hybridized carbons (Fsp3) is 0.441. The molecule has 0 aliphatic carbocycles. The first-order valence-corrected chi connectivity index (χ1v) is 15.3. The third-order valence-corrected chi connectivity index (χ3v) is 9.10. The summed E-state index contributed by atoms with van der Waals surface area (Å²) in [7, 11) is 0. The van der Waals surface area contributed by atoms with E-state index in [0.717, 1.165) is 66.1 Å². The van der Waals surface area contributed by atoms with Crippen LogP contribution in [0, 0.1) is 5.92 Å². The van der Waals surface area contributed by atoms with E-state index in [9.17, 15) is 4.79 Å². The van der Waals surface area contributed by atoms with E-state index in [0.29, 0.717) is 29.6 Å². The van der Waals surface area contributed by atoms with Gasteiger partial charge in [0, 0.05) is 34.8 Å². The number of nitrogens with one attached hydrogen (secondary N) is 2. The monoisotopic (exact) mass is 565 g/mol. The average Bonchev–Trinajstić information content (AvgIpc) is 3.49. The van der Waals surface area contributed by atoms with Crippen molar-refractivity contribution in [1.29, 1.82) is 0 Å². The molecule has 1 amide bonds. The normalized spacial score (nSPS) is 23.2. The van der Waals surface area contributed by atoms with Crippen LogP contribution in [0.3, 0.4) is 0 Å². The fourth-order valence-corrected chi connectivity index (χ4v) is 7.06. The Morgan fingerprint density at radius 1 is 1.05 bits per heavy atom. The molecule has 8 nitrogen and oxygen atoms in total. The van der Waals surface area contributed by atoms with Crippen molar-refractivity contribution < 1.29 is 14.3 Å². The standard InChI is InChI=1S/C34H39N5O3/c1-21(2)15-32(31-5-3-4-14-35-31)36-34(40)23-8-13-30-29(16-23)33(38-37-30)22-6-11-27(12-7-22)42-28-17-24-9-10-25(18-28)39(24)26-19-41-20-26/h3-8,11-14,16,21,24-26,28,32H,9-10,15,17-20H2,1-2H3,(H,36,40)(H,37,38)/t24-,25+,28+,32?. The first kappa shape index (κ1) is 27.1. The van der Waals surface area contributed by atoms with Crippen LogP contribution in [0.1, 0.15) is 68.0 Å². The lowest BCUT2D eigenvalue weighted by Gasteiger charge is -2.46. The van der Waals surface area contributed by atoms with E-state index in [2.05, 4.69) is 51.4 Å². The summed E-state index contributed by atoms with van der Waals surface area (Å²) in [6.45, 7) is 6.08. The van der Waals surface area contributed by atoms with Gasteiger partial charge in [0.2, 0.25) is 0 Å². The number of nitrogens with zero attached hydrogens (tertiary/aromatic N) is 3. The van der Waals surface area contributed by atoms with Gasteiger partial charge in [0.1, 0.15) is 11.9 Å². The van der Waals surface area contributed by atoms with Crippen LogP contribution in [0.25, 0.3) is 22.2 Å². The molecular weight excluding hydrogens is 526 g/mol. The van der Waals surface area contributed by atoms with Gasteiger partial charge in [-0.15, -0.1) is 0 Å². The molecule has 0 saturated carbocycles. The zero-order chi connectivity index (χ0) is 28.6. The van der Waals surface area contributed by atoms with Crippen LogP contribution in [-0.4, -0.2) is 63.4 Å². The van der Waals surface area contributed by atoms with Crippen molar-refractivity contribution in [1.82, 2.24) is 25.4 Å².